The summed E-state index contributed by atoms with van der Waals surface area (Å²) in [4.78, 5) is 13.0. The van der Waals surface area contributed by atoms with E-state index in [-0.39, 0.29) is 22.9 Å². The van der Waals surface area contributed by atoms with E-state index in [0.29, 0.717) is 29.3 Å². The van der Waals surface area contributed by atoms with Crippen LogP contribution >= 0.6 is 11.6 Å². The van der Waals surface area contributed by atoms with E-state index in [2.05, 4.69) is 10.4 Å². The Labute approximate surface area is 185 Å². The predicted octanol–water partition coefficient (Wildman–Crippen LogP) is 4.85. The molecule has 8 heteroatoms. The lowest BCUT2D eigenvalue weighted by molar-refractivity contribution is 0.0939. The second-order valence-corrected chi connectivity index (χ2v) is 7.65. The summed E-state index contributed by atoms with van der Waals surface area (Å²) in [5.41, 5.74) is 3.51. The lowest BCUT2D eigenvalue weighted by atomic mass is 10.0. The van der Waals surface area contributed by atoms with E-state index in [0.717, 1.165) is 16.7 Å². The molecular weight excluding hydrogens is 421 g/mol. The third-order valence-corrected chi connectivity index (χ3v) is 5.51. The van der Waals surface area contributed by atoms with Crippen molar-refractivity contribution in [3.05, 3.63) is 75.3 Å². The van der Waals surface area contributed by atoms with Crippen LogP contribution in [0.3, 0.4) is 0 Å². The lowest BCUT2D eigenvalue weighted by Gasteiger charge is -2.19. The van der Waals surface area contributed by atoms with Crippen LogP contribution in [0.1, 0.15) is 45.7 Å². The van der Waals surface area contributed by atoms with Crippen LogP contribution in [0, 0.1) is 19.7 Å². The van der Waals surface area contributed by atoms with Crippen molar-refractivity contribution in [2.24, 2.45) is 0 Å². The number of carbonyl (C=O) groups is 1. The van der Waals surface area contributed by atoms with Crippen molar-refractivity contribution in [2.75, 3.05) is 14.2 Å². The van der Waals surface area contributed by atoms with E-state index >= 15 is 0 Å². The molecule has 1 heterocycles. The van der Waals surface area contributed by atoms with E-state index in [1.165, 1.54) is 16.8 Å². The maximum absolute atomic E-state index is 13.1. The molecule has 3 rings (SSSR count). The van der Waals surface area contributed by atoms with Gasteiger partial charge >= 0.3 is 0 Å². The number of aromatic nitrogens is 2. The molecule has 0 aliphatic rings. The second kappa shape index (κ2) is 9.39. The van der Waals surface area contributed by atoms with Crippen LogP contribution in [-0.4, -0.2) is 29.9 Å². The number of carbonyl (C=O) groups excluding carboxylic acids is 1. The Balaban J connectivity index is 1.82. The number of halogens is 2. The molecule has 0 saturated heterocycles. The van der Waals surface area contributed by atoms with Gasteiger partial charge in [-0.2, -0.15) is 5.10 Å². The molecule has 3 aromatic rings. The number of aryl methyl sites for hydroxylation is 2. The molecule has 31 heavy (non-hydrogen) atoms. The zero-order chi connectivity index (χ0) is 22.7. The van der Waals surface area contributed by atoms with Gasteiger partial charge in [0.15, 0.2) is 11.5 Å². The van der Waals surface area contributed by atoms with Crippen LogP contribution in [0.4, 0.5) is 4.39 Å². The van der Waals surface area contributed by atoms with E-state index in [4.69, 9.17) is 21.1 Å². The molecule has 0 bridgehead atoms. The molecule has 0 aliphatic carbocycles. The van der Waals surface area contributed by atoms with Crippen molar-refractivity contribution in [3.8, 4) is 11.5 Å². The Bertz CT molecular complexity index is 1100. The molecule has 1 N–H and O–H groups in total. The van der Waals surface area contributed by atoms with Gasteiger partial charge in [-0.1, -0.05) is 23.7 Å². The lowest BCUT2D eigenvalue weighted by Crippen LogP contribution is -2.27. The fourth-order valence-electron chi connectivity index (χ4n) is 3.49. The molecule has 0 radical (unpaired) electrons. The fraction of sp³-hybridized carbons (Fsp3) is 0.304. The summed E-state index contributed by atoms with van der Waals surface area (Å²) < 4.78 is 25.4. The van der Waals surface area contributed by atoms with Crippen molar-refractivity contribution >= 4 is 17.5 Å². The van der Waals surface area contributed by atoms with Crippen molar-refractivity contribution in [3.63, 3.8) is 0 Å². The number of nitrogens with one attached hydrogen (secondary N) is 1. The standard InChI is InChI=1S/C23H25ClFN3O3/c1-13-10-19(30-4)20(31-5)11-18(13)14(2)26-23(29)21-15(3)27-28(22(21)24)12-16-6-8-17(25)9-7-16/h6-11,14H,12H2,1-5H3,(H,26,29). The fourth-order valence-corrected chi connectivity index (χ4v) is 3.81. The Kier molecular flexibility index (Phi) is 6.85. The minimum Gasteiger partial charge on any atom is -0.493 e. The minimum absolute atomic E-state index is 0.232. The van der Waals surface area contributed by atoms with E-state index in [1.54, 1.807) is 33.3 Å². The van der Waals surface area contributed by atoms with Crippen LogP contribution in [0.15, 0.2) is 36.4 Å². The highest BCUT2D eigenvalue weighted by atomic mass is 35.5. The topological polar surface area (TPSA) is 65.4 Å². The quantitative estimate of drug-likeness (QED) is 0.564. The number of benzene rings is 2. The number of nitrogens with zero attached hydrogens (tertiary/aromatic N) is 2. The van der Waals surface area contributed by atoms with Crippen molar-refractivity contribution < 1.29 is 18.7 Å². The zero-order valence-corrected chi connectivity index (χ0v) is 18.9. The number of methoxy groups -OCH3 is 2. The summed E-state index contributed by atoms with van der Waals surface area (Å²) in [5.74, 6) is 0.578. The first kappa shape index (κ1) is 22.6. The summed E-state index contributed by atoms with van der Waals surface area (Å²) in [6.45, 7) is 5.89. The summed E-state index contributed by atoms with van der Waals surface area (Å²) in [6.07, 6.45) is 0. The summed E-state index contributed by atoms with van der Waals surface area (Å²) in [6, 6.07) is 9.49. The molecule has 0 spiro atoms. The first-order chi connectivity index (χ1) is 14.7. The van der Waals surface area contributed by atoms with Gasteiger partial charge in [0.1, 0.15) is 11.0 Å². The Hall–Kier alpha value is -3.06. The Morgan fingerprint density at radius 1 is 1.16 bits per heavy atom. The molecule has 1 unspecified atom stereocenters. The zero-order valence-electron chi connectivity index (χ0n) is 18.1. The smallest absolute Gasteiger partial charge is 0.256 e. The number of ether oxygens (including phenoxy) is 2. The number of hydrogen-bond acceptors (Lipinski definition) is 4. The van der Waals surface area contributed by atoms with Crippen LogP contribution in [0.5, 0.6) is 11.5 Å². The third kappa shape index (κ3) is 4.82. The van der Waals surface area contributed by atoms with E-state index in [1.807, 2.05) is 26.0 Å². The minimum atomic E-state index is -0.324. The average Bonchev–Trinajstić information content (AvgIpc) is 3.02. The van der Waals surface area contributed by atoms with Crippen molar-refractivity contribution in [1.29, 1.82) is 0 Å². The number of rotatable bonds is 7. The summed E-state index contributed by atoms with van der Waals surface area (Å²) in [5, 5.41) is 7.61. The van der Waals surface area contributed by atoms with Gasteiger partial charge in [-0.15, -0.1) is 0 Å². The Morgan fingerprint density at radius 3 is 2.39 bits per heavy atom. The third-order valence-electron chi connectivity index (χ3n) is 5.12. The van der Waals surface area contributed by atoms with Gasteiger partial charge in [0.25, 0.3) is 5.91 Å². The van der Waals surface area contributed by atoms with Crippen molar-refractivity contribution in [1.82, 2.24) is 15.1 Å². The highest BCUT2D eigenvalue weighted by molar-refractivity contribution is 6.33. The van der Waals surface area contributed by atoms with Gasteiger partial charge in [-0.25, -0.2) is 9.07 Å². The van der Waals surface area contributed by atoms with Crippen LogP contribution in [0.2, 0.25) is 5.15 Å². The SMILES string of the molecule is COc1cc(C)c(C(C)NC(=O)c2c(C)nn(Cc3ccc(F)cc3)c2Cl)cc1OC. The molecule has 0 fully saturated rings. The highest BCUT2D eigenvalue weighted by Crippen LogP contribution is 2.33. The molecular formula is C23H25ClFN3O3. The monoisotopic (exact) mass is 445 g/mol. The molecule has 2 aromatic carbocycles. The summed E-state index contributed by atoms with van der Waals surface area (Å²) >= 11 is 6.48. The second-order valence-electron chi connectivity index (χ2n) is 7.29. The van der Waals surface area contributed by atoms with Crippen LogP contribution in [-0.2, 0) is 6.54 Å². The normalized spacial score (nSPS) is 11.8. The van der Waals surface area contributed by atoms with Gasteiger partial charge in [-0.3, -0.25) is 4.79 Å². The van der Waals surface area contributed by atoms with Gasteiger partial charge in [0, 0.05) is 0 Å². The number of hydrogen-bond donors (Lipinski definition) is 1. The van der Waals surface area contributed by atoms with E-state index < -0.39 is 0 Å². The first-order valence-corrected chi connectivity index (χ1v) is 10.1. The molecule has 1 amide bonds. The molecule has 1 atom stereocenters. The van der Waals surface area contributed by atoms with Gasteiger partial charge in [-0.05, 0) is 61.7 Å². The summed E-state index contributed by atoms with van der Waals surface area (Å²) in [7, 11) is 3.15. The molecule has 0 aliphatic heterocycles. The molecule has 1 aromatic heterocycles. The maximum atomic E-state index is 13.1. The largest absolute Gasteiger partial charge is 0.493 e. The van der Waals surface area contributed by atoms with Crippen LogP contribution < -0.4 is 14.8 Å². The van der Waals surface area contributed by atoms with Gasteiger partial charge in [0.2, 0.25) is 0 Å². The Morgan fingerprint density at radius 2 is 1.77 bits per heavy atom. The average molecular weight is 446 g/mol. The predicted molar refractivity (Wildman–Crippen MR) is 118 cm³/mol. The molecule has 0 saturated carbocycles. The highest BCUT2D eigenvalue weighted by Gasteiger charge is 2.23. The van der Waals surface area contributed by atoms with Crippen molar-refractivity contribution in [2.45, 2.75) is 33.4 Å². The van der Waals surface area contributed by atoms with Gasteiger partial charge in [0.05, 0.1) is 38.1 Å². The van der Waals surface area contributed by atoms with E-state index in [9.17, 15) is 9.18 Å². The maximum Gasteiger partial charge on any atom is 0.256 e. The van der Waals surface area contributed by atoms with Crippen LogP contribution in [0.25, 0.3) is 0 Å². The molecule has 164 valence electrons. The van der Waals surface area contributed by atoms with Gasteiger partial charge < -0.3 is 14.8 Å². The molecule has 6 nitrogen and oxygen atoms in total. The first-order valence-electron chi connectivity index (χ1n) is 9.75. The number of amides is 1.